The number of methoxy groups -OCH3 is 1. The first kappa shape index (κ1) is 24.3. The molecular formula is C26H29FN6O2. The lowest BCUT2D eigenvalue weighted by Gasteiger charge is -2.38. The Labute approximate surface area is 204 Å². The number of halogens is 1. The van der Waals surface area contributed by atoms with Crippen LogP contribution in [-0.4, -0.2) is 66.7 Å². The van der Waals surface area contributed by atoms with Gasteiger partial charge in [0.25, 0.3) is 5.91 Å². The Balaban J connectivity index is 1.33. The SMILES string of the molecule is COCC(C=Cc1ccc(F)cc1)N1CCN(c2ncc(C(=O)Nc3ccccc3N)cn2)CC1. The topological polar surface area (TPSA) is 96.6 Å². The highest BCUT2D eigenvalue weighted by Crippen LogP contribution is 2.19. The summed E-state index contributed by atoms with van der Waals surface area (Å²) < 4.78 is 18.6. The Morgan fingerprint density at radius 1 is 1.11 bits per heavy atom. The number of amides is 1. The Bertz CT molecular complexity index is 1150. The minimum Gasteiger partial charge on any atom is -0.397 e. The van der Waals surface area contributed by atoms with E-state index < -0.39 is 0 Å². The minimum atomic E-state index is -0.311. The third-order valence-electron chi connectivity index (χ3n) is 5.89. The van der Waals surface area contributed by atoms with Crippen molar-refractivity contribution in [3.05, 3.63) is 83.9 Å². The molecule has 4 rings (SSSR count). The first-order valence-corrected chi connectivity index (χ1v) is 11.4. The number of nitrogens with zero attached hydrogens (tertiary/aromatic N) is 4. The van der Waals surface area contributed by atoms with E-state index in [9.17, 15) is 9.18 Å². The number of nitrogen functional groups attached to an aromatic ring is 1. The molecule has 1 aromatic heterocycles. The molecule has 1 aliphatic heterocycles. The number of ether oxygens (including phenoxy) is 1. The molecule has 9 heteroatoms. The minimum absolute atomic E-state index is 0.101. The van der Waals surface area contributed by atoms with Gasteiger partial charge in [-0.2, -0.15) is 0 Å². The van der Waals surface area contributed by atoms with Crippen molar-refractivity contribution in [2.45, 2.75) is 6.04 Å². The van der Waals surface area contributed by atoms with Gasteiger partial charge in [0.1, 0.15) is 5.82 Å². The fourth-order valence-corrected chi connectivity index (χ4v) is 3.91. The number of benzene rings is 2. The molecule has 1 amide bonds. The quantitative estimate of drug-likeness (QED) is 0.482. The summed E-state index contributed by atoms with van der Waals surface area (Å²) in [6, 6.07) is 13.6. The van der Waals surface area contributed by atoms with Crippen molar-refractivity contribution in [3.8, 4) is 0 Å². The molecule has 1 atom stereocenters. The van der Waals surface area contributed by atoms with E-state index >= 15 is 0 Å². The van der Waals surface area contributed by atoms with Crippen molar-refractivity contribution in [2.75, 3.05) is 55.8 Å². The molecule has 2 heterocycles. The molecule has 0 aliphatic carbocycles. The molecule has 0 radical (unpaired) electrons. The lowest BCUT2D eigenvalue weighted by Crippen LogP contribution is -2.51. The van der Waals surface area contributed by atoms with Gasteiger partial charge >= 0.3 is 0 Å². The third kappa shape index (κ3) is 6.40. The van der Waals surface area contributed by atoms with E-state index in [1.165, 1.54) is 24.5 Å². The van der Waals surface area contributed by atoms with E-state index in [-0.39, 0.29) is 17.8 Å². The number of anilines is 3. The van der Waals surface area contributed by atoms with Gasteiger partial charge in [-0.05, 0) is 29.8 Å². The molecule has 8 nitrogen and oxygen atoms in total. The number of rotatable bonds is 8. The normalized spacial score (nSPS) is 15.3. The fraction of sp³-hybridized carbons (Fsp3) is 0.269. The zero-order chi connectivity index (χ0) is 24.6. The molecule has 3 aromatic rings. The van der Waals surface area contributed by atoms with E-state index in [1.807, 2.05) is 12.1 Å². The van der Waals surface area contributed by atoms with E-state index in [0.717, 1.165) is 31.7 Å². The summed E-state index contributed by atoms with van der Waals surface area (Å²) in [5, 5.41) is 2.78. The maximum absolute atomic E-state index is 13.1. The van der Waals surface area contributed by atoms with E-state index in [1.54, 1.807) is 37.4 Å². The molecule has 35 heavy (non-hydrogen) atoms. The summed E-state index contributed by atoms with van der Waals surface area (Å²) in [7, 11) is 1.69. The maximum Gasteiger partial charge on any atom is 0.258 e. The van der Waals surface area contributed by atoms with Gasteiger partial charge < -0.3 is 20.7 Å². The van der Waals surface area contributed by atoms with Gasteiger partial charge in [0.2, 0.25) is 5.95 Å². The van der Waals surface area contributed by atoms with Crippen LogP contribution in [0.5, 0.6) is 0 Å². The van der Waals surface area contributed by atoms with Crippen LogP contribution in [0, 0.1) is 5.82 Å². The summed E-state index contributed by atoms with van der Waals surface area (Å²) in [5.41, 5.74) is 8.25. The van der Waals surface area contributed by atoms with Crippen LogP contribution in [0.15, 0.2) is 67.0 Å². The predicted molar refractivity (Wildman–Crippen MR) is 136 cm³/mol. The smallest absolute Gasteiger partial charge is 0.258 e. The second-order valence-corrected chi connectivity index (χ2v) is 8.27. The number of hydrogen-bond acceptors (Lipinski definition) is 7. The molecule has 3 N–H and O–H groups in total. The molecule has 0 bridgehead atoms. The zero-order valence-electron chi connectivity index (χ0n) is 19.6. The molecule has 0 spiro atoms. The highest BCUT2D eigenvalue weighted by molar-refractivity contribution is 6.05. The Hall–Kier alpha value is -3.82. The third-order valence-corrected chi connectivity index (χ3v) is 5.89. The van der Waals surface area contributed by atoms with Crippen LogP contribution in [0.25, 0.3) is 6.08 Å². The average Bonchev–Trinajstić information content (AvgIpc) is 2.89. The highest BCUT2D eigenvalue weighted by atomic mass is 19.1. The number of carbonyl (C=O) groups excluding carboxylic acids is 1. The number of nitrogens with two attached hydrogens (primary N) is 1. The zero-order valence-corrected chi connectivity index (χ0v) is 19.6. The lowest BCUT2D eigenvalue weighted by molar-refractivity contribution is 0.102. The van der Waals surface area contributed by atoms with Crippen molar-refractivity contribution >= 4 is 29.3 Å². The number of hydrogen-bond donors (Lipinski definition) is 2. The average molecular weight is 477 g/mol. The molecule has 1 unspecified atom stereocenters. The van der Waals surface area contributed by atoms with Gasteiger partial charge in [-0.15, -0.1) is 0 Å². The number of nitrogens with one attached hydrogen (secondary N) is 1. The van der Waals surface area contributed by atoms with Crippen molar-refractivity contribution in [1.82, 2.24) is 14.9 Å². The Morgan fingerprint density at radius 3 is 2.46 bits per heavy atom. The number of piperazine rings is 1. The Kier molecular flexibility index (Phi) is 8.02. The second-order valence-electron chi connectivity index (χ2n) is 8.27. The summed E-state index contributed by atoms with van der Waals surface area (Å²) in [6.07, 6.45) is 7.14. The van der Waals surface area contributed by atoms with Crippen LogP contribution in [0.3, 0.4) is 0 Å². The van der Waals surface area contributed by atoms with E-state index in [4.69, 9.17) is 10.5 Å². The van der Waals surface area contributed by atoms with Crippen molar-refractivity contribution in [3.63, 3.8) is 0 Å². The summed E-state index contributed by atoms with van der Waals surface area (Å²) in [6.45, 7) is 3.67. The summed E-state index contributed by atoms with van der Waals surface area (Å²) >= 11 is 0. The van der Waals surface area contributed by atoms with Crippen LogP contribution in [0.2, 0.25) is 0 Å². The second kappa shape index (κ2) is 11.5. The van der Waals surface area contributed by atoms with E-state index in [0.29, 0.717) is 29.5 Å². The van der Waals surface area contributed by atoms with Gasteiger partial charge in [0.05, 0.1) is 29.6 Å². The van der Waals surface area contributed by atoms with Crippen LogP contribution in [0.4, 0.5) is 21.7 Å². The molecule has 0 saturated carbocycles. The van der Waals surface area contributed by atoms with Crippen LogP contribution >= 0.6 is 0 Å². The first-order valence-electron chi connectivity index (χ1n) is 11.4. The summed E-state index contributed by atoms with van der Waals surface area (Å²) in [4.78, 5) is 25.8. The fourth-order valence-electron chi connectivity index (χ4n) is 3.91. The molecule has 1 saturated heterocycles. The van der Waals surface area contributed by atoms with Crippen molar-refractivity contribution < 1.29 is 13.9 Å². The van der Waals surface area contributed by atoms with Gasteiger partial charge in [0, 0.05) is 45.7 Å². The van der Waals surface area contributed by atoms with E-state index in [2.05, 4.69) is 31.2 Å². The molecule has 1 fully saturated rings. The number of carbonyl (C=O) groups is 1. The van der Waals surface area contributed by atoms with Gasteiger partial charge in [-0.1, -0.05) is 36.4 Å². The number of para-hydroxylation sites is 2. The molecule has 2 aromatic carbocycles. The molecular weight excluding hydrogens is 447 g/mol. The van der Waals surface area contributed by atoms with Crippen molar-refractivity contribution in [1.29, 1.82) is 0 Å². The highest BCUT2D eigenvalue weighted by Gasteiger charge is 2.24. The van der Waals surface area contributed by atoms with Crippen molar-refractivity contribution in [2.24, 2.45) is 0 Å². The molecule has 182 valence electrons. The van der Waals surface area contributed by atoms with Gasteiger partial charge in [-0.25, -0.2) is 14.4 Å². The maximum atomic E-state index is 13.1. The van der Waals surface area contributed by atoms with Crippen LogP contribution in [-0.2, 0) is 4.74 Å². The monoisotopic (exact) mass is 476 g/mol. The lowest BCUT2D eigenvalue weighted by atomic mass is 10.1. The van der Waals surface area contributed by atoms with Crippen LogP contribution < -0.4 is 16.0 Å². The van der Waals surface area contributed by atoms with Gasteiger partial charge in [0.15, 0.2) is 0 Å². The van der Waals surface area contributed by atoms with Gasteiger partial charge in [-0.3, -0.25) is 9.69 Å². The predicted octanol–water partition coefficient (Wildman–Crippen LogP) is 3.30. The first-order chi connectivity index (χ1) is 17.0. The number of aromatic nitrogens is 2. The summed E-state index contributed by atoms with van der Waals surface area (Å²) in [5.74, 6) is 0.0312. The Morgan fingerprint density at radius 2 is 1.80 bits per heavy atom. The largest absolute Gasteiger partial charge is 0.397 e. The molecule has 1 aliphatic rings. The standard InChI is InChI=1S/C26H29FN6O2/c1-35-18-22(11-8-19-6-9-21(27)10-7-19)32-12-14-33(15-13-32)26-29-16-20(17-30-26)25(34)31-24-5-3-2-4-23(24)28/h2-11,16-17,22H,12-15,18,28H2,1H3,(H,31,34). The van der Waals surface area contributed by atoms with Crippen LogP contribution in [0.1, 0.15) is 15.9 Å².